The highest BCUT2D eigenvalue weighted by molar-refractivity contribution is 7.15. The summed E-state index contributed by atoms with van der Waals surface area (Å²) in [6, 6.07) is 2.33. The summed E-state index contributed by atoms with van der Waals surface area (Å²) in [5, 5.41) is 3.38. The quantitative estimate of drug-likeness (QED) is 0.884. The van der Waals surface area contributed by atoms with Crippen LogP contribution in [0.25, 0.3) is 10.6 Å². The largest absolute Gasteiger partial charge is 0.438 e. The number of aromatic nitrogens is 1. The molecule has 0 aliphatic carbocycles. The van der Waals surface area contributed by atoms with Crippen LogP contribution in [0.2, 0.25) is 0 Å². The molecule has 1 atom stereocenters. The van der Waals surface area contributed by atoms with E-state index in [0.717, 1.165) is 29.5 Å². The molecule has 0 fully saturated rings. The van der Waals surface area contributed by atoms with Gasteiger partial charge in [-0.2, -0.15) is 0 Å². The molecule has 3 nitrogen and oxygen atoms in total. The highest BCUT2D eigenvalue weighted by Gasteiger charge is 2.14. The molecule has 18 heavy (non-hydrogen) atoms. The molecular weight excluding hydrogens is 244 g/mol. The molecule has 0 bridgehead atoms. The van der Waals surface area contributed by atoms with Crippen LogP contribution in [0.15, 0.2) is 16.7 Å². The molecule has 2 rings (SSSR count). The number of nitrogens with zero attached hydrogens (tertiary/aromatic N) is 1. The normalized spacial score (nSPS) is 12.9. The van der Waals surface area contributed by atoms with E-state index in [9.17, 15) is 0 Å². The van der Waals surface area contributed by atoms with Crippen molar-refractivity contribution in [2.45, 2.75) is 40.2 Å². The number of aryl methyl sites for hydroxylation is 2. The first kappa shape index (κ1) is 13.3. The van der Waals surface area contributed by atoms with Crippen LogP contribution in [-0.2, 0) is 0 Å². The van der Waals surface area contributed by atoms with Gasteiger partial charge in [-0.3, -0.25) is 0 Å². The first-order chi connectivity index (χ1) is 8.61. The minimum Gasteiger partial charge on any atom is -0.438 e. The maximum absolute atomic E-state index is 5.83. The molecule has 1 unspecified atom stereocenters. The zero-order valence-electron chi connectivity index (χ0n) is 11.4. The Kier molecular flexibility index (Phi) is 4.19. The minimum absolute atomic E-state index is 0.167. The van der Waals surface area contributed by atoms with Gasteiger partial charge in [-0.25, -0.2) is 4.98 Å². The molecule has 0 amide bonds. The molecule has 1 N–H and O–H groups in total. The predicted octanol–water partition coefficient (Wildman–Crippen LogP) is 4.08. The smallest absolute Gasteiger partial charge is 0.211 e. The van der Waals surface area contributed by atoms with Gasteiger partial charge in [0.15, 0.2) is 5.76 Å². The van der Waals surface area contributed by atoms with Crippen LogP contribution in [-0.4, -0.2) is 11.5 Å². The van der Waals surface area contributed by atoms with Gasteiger partial charge in [0.25, 0.3) is 0 Å². The van der Waals surface area contributed by atoms with Crippen molar-refractivity contribution in [3.63, 3.8) is 0 Å². The fourth-order valence-corrected chi connectivity index (χ4v) is 2.72. The third-order valence-electron chi connectivity index (χ3n) is 3.00. The van der Waals surface area contributed by atoms with Crippen LogP contribution in [0.5, 0.6) is 0 Å². The van der Waals surface area contributed by atoms with E-state index in [1.165, 1.54) is 10.4 Å². The van der Waals surface area contributed by atoms with Crippen LogP contribution >= 0.6 is 11.3 Å². The first-order valence-corrected chi connectivity index (χ1v) is 7.20. The van der Waals surface area contributed by atoms with Gasteiger partial charge < -0.3 is 9.73 Å². The van der Waals surface area contributed by atoms with Gasteiger partial charge in [0.1, 0.15) is 0 Å². The van der Waals surface area contributed by atoms with Gasteiger partial charge in [-0.1, -0.05) is 6.92 Å². The molecule has 0 aromatic carbocycles. The summed E-state index contributed by atoms with van der Waals surface area (Å²) in [6.07, 6.45) is 2.94. The van der Waals surface area contributed by atoms with Gasteiger partial charge in [0.2, 0.25) is 5.89 Å². The highest BCUT2D eigenvalue weighted by Crippen LogP contribution is 2.31. The third-order valence-corrected chi connectivity index (χ3v) is 4.17. The van der Waals surface area contributed by atoms with Crippen molar-refractivity contribution >= 4 is 11.3 Å². The number of nitrogens with one attached hydrogen (secondary N) is 1. The molecule has 0 aliphatic heterocycles. The molecule has 98 valence electrons. The molecule has 0 saturated carbocycles. The van der Waals surface area contributed by atoms with Gasteiger partial charge in [0.05, 0.1) is 17.1 Å². The van der Waals surface area contributed by atoms with Crippen molar-refractivity contribution < 1.29 is 4.42 Å². The summed E-state index contributed by atoms with van der Waals surface area (Å²) >= 11 is 1.76. The van der Waals surface area contributed by atoms with Crippen molar-refractivity contribution in [2.24, 2.45) is 0 Å². The van der Waals surface area contributed by atoms with E-state index in [-0.39, 0.29) is 6.04 Å². The Balaban J connectivity index is 2.14. The van der Waals surface area contributed by atoms with Gasteiger partial charge >= 0.3 is 0 Å². The third kappa shape index (κ3) is 2.82. The first-order valence-electron chi connectivity index (χ1n) is 6.38. The summed E-state index contributed by atoms with van der Waals surface area (Å²) in [7, 11) is 0. The molecule has 0 spiro atoms. The van der Waals surface area contributed by atoms with Crippen LogP contribution in [0.3, 0.4) is 0 Å². The molecule has 0 aliphatic rings. The summed E-state index contributed by atoms with van der Waals surface area (Å²) in [6.45, 7) is 9.47. The predicted molar refractivity (Wildman–Crippen MR) is 76.0 cm³/mol. The molecule has 2 aromatic rings. The minimum atomic E-state index is 0.167. The van der Waals surface area contributed by atoms with E-state index in [0.29, 0.717) is 0 Å². The Morgan fingerprint density at radius 1 is 1.44 bits per heavy atom. The van der Waals surface area contributed by atoms with E-state index >= 15 is 0 Å². The lowest BCUT2D eigenvalue weighted by molar-refractivity contribution is 0.423. The molecule has 4 heteroatoms. The van der Waals surface area contributed by atoms with Gasteiger partial charge in [0, 0.05) is 4.88 Å². The molecule has 0 saturated heterocycles. The Morgan fingerprint density at radius 2 is 2.22 bits per heavy atom. The number of rotatable bonds is 5. The number of hydrogen-bond donors (Lipinski definition) is 1. The molecule has 0 radical (unpaired) electrons. The lowest BCUT2D eigenvalue weighted by Gasteiger charge is -2.08. The Morgan fingerprint density at radius 3 is 2.83 bits per heavy atom. The Bertz CT molecular complexity index is 496. The summed E-state index contributed by atoms with van der Waals surface area (Å²) in [4.78, 5) is 6.85. The van der Waals surface area contributed by atoms with Crippen LogP contribution in [0.1, 0.15) is 42.6 Å². The van der Waals surface area contributed by atoms with Crippen molar-refractivity contribution in [3.8, 4) is 10.6 Å². The standard InChI is InChI=1S/C14H20N2OS/c1-5-6-15-10(3)14-16-8-12(17-14)13-7-9(2)11(4)18-13/h7-8,10,15H,5-6H2,1-4H3. The van der Waals surface area contributed by atoms with Crippen molar-refractivity contribution in [1.82, 2.24) is 10.3 Å². The van der Waals surface area contributed by atoms with E-state index in [4.69, 9.17) is 4.42 Å². The average molecular weight is 264 g/mol. The lowest BCUT2D eigenvalue weighted by Crippen LogP contribution is -2.19. The maximum Gasteiger partial charge on any atom is 0.211 e. The Hall–Kier alpha value is -1.13. The second-order valence-corrected chi connectivity index (χ2v) is 5.84. The van der Waals surface area contributed by atoms with Gasteiger partial charge in [-0.05, 0) is 45.4 Å². The highest BCUT2D eigenvalue weighted by atomic mass is 32.1. The van der Waals surface area contributed by atoms with E-state index < -0.39 is 0 Å². The topological polar surface area (TPSA) is 38.1 Å². The summed E-state index contributed by atoms with van der Waals surface area (Å²) in [5.74, 6) is 1.64. The van der Waals surface area contributed by atoms with Crippen LogP contribution in [0, 0.1) is 13.8 Å². The average Bonchev–Trinajstić information content (AvgIpc) is 2.94. The van der Waals surface area contributed by atoms with E-state index in [1.54, 1.807) is 11.3 Å². The van der Waals surface area contributed by atoms with Crippen LogP contribution in [0.4, 0.5) is 0 Å². The lowest BCUT2D eigenvalue weighted by atomic mass is 10.3. The summed E-state index contributed by atoms with van der Waals surface area (Å²) < 4.78 is 5.83. The SMILES string of the molecule is CCCNC(C)c1ncc(-c2cc(C)c(C)s2)o1. The van der Waals surface area contributed by atoms with E-state index in [2.05, 4.69) is 44.1 Å². The fraction of sp³-hybridized carbons (Fsp3) is 0.500. The zero-order chi connectivity index (χ0) is 13.1. The van der Waals surface area contributed by atoms with Gasteiger partial charge in [-0.15, -0.1) is 11.3 Å². The molecule has 2 aromatic heterocycles. The zero-order valence-corrected chi connectivity index (χ0v) is 12.2. The Labute approximate surface area is 112 Å². The summed E-state index contributed by atoms with van der Waals surface area (Å²) in [5.41, 5.74) is 1.31. The monoisotopic (exact) mass is 264 g/mol. The van der Waals surface area contributed by atoms with Crippen molar-refractivity contribution in [3.05, 3.63) is 28.6 Å². The maximum atomic E-state index is 5.83. The van der Waals surface area contributed by atoms with Crippen molar-refractivity contribution in [2.75, 3.05) is 6.54 Å². The van der Waals surface area contributed by atoms with E-state index in [1.807, 2.05) is 6.20 Å². The second-order valence-electron chi connectivity index (χ2n) is 4.59. The molecular formula is C14H20N2OS. The van der Waals surface area contributed by atoms with Crippen molar-refractivity contribution in [1.29, 1.82) is 0 Å². The fourth-order valence-electron chi connectivity index (χ4n) is 1.74. The number of thiophene rings is 1. The number of oxazole rings is 1. The number of hydrogen-bond acceptors (Lipinski definition) is 4. The molecule has 2 heterocycles. The second kappa shape index (κ2) is 5.67. The van der Waals surface area contributed by atoms with Crippen LogP contribution < -0.4 is 5.32 Å².